The molecule has 1 N–H and O–H groups in total. The van der Waals surface area contributed by atoms with Crippen LogP contribution in [0, 0.1) is 0 Å². The van der Waals surface area contributed by atoms with E-state index in [0.29, 0.717) is 0 Å². The van der Waals surface area contributed by atoms with Crippen molar-refractivity contribution in [2.45, 2.75) is 53.6 Å². The summed E-state index contributed by atoms with van der Waals surface area (Å²) >= 11 is 0. The Hall–Kier alpha value is -2.19. The van der Waals surface area contributed by atoms with E-state index in [1.807, 2.05) is 0 Å². The molecule has 0 heterocycles. The highest BCUT2D eigenvalue weighted by Crippen LogP contribution is 2.65. The van der Waals surface area contributed by atoms with Gasteiger partial charge in [-0.1, -0.05) is 0 Å². The van der Waals surface area contributed by atoms with Crippen molar-refractivity contribution in [1.82, 2.24) is 0 Å². The van der Waals surface area contributed by atoms with Crippen LogP contribution in [0.2, 0.25) is 0 Å². The first-order valence-corrected chi connectivity index (χ1v) is 7.03. The van der Waals surface area contributed by atoms with Crippen LogP contribution in [0.4, 0.5) is 87.8 Å². The molecule has 0 unspecified atom stereocenters. The number of carboxylic acids is 1. The topological polar surface area (TPSA) is 37.3 Å². The van der Waals surface area contributed by atoms with Gasteiger partial charge in [0.25, 0.3) is 0 Å². The Balaban J connectivity index is 7.04. The summed E-state index contributed by atoms with van der Waals surface area (Å²) in [6.07, 6.45) is -9.75. The first-order chi connectivity index (χ1) is 14.3. The fourth-order valence-electron chi connectivity index (χ4n) is 1.71. The van der Waals surface area contributed by atoms with Crippen molar-refractivity contribution in [3.63, 3.8) is 0 Å². The molecule has 0 saturated carbocycles. The fraction of sp³-hybridized carbons (Fsp3) is 0.750. The third-order valence-electron chi connectivity index (χ3n) is 3.67. The summed E-state index contributed by atoms with van der Waals surface area (Å²) in [7, 11) is 0. The van der Waals surface area contributed by atoms with Crippen LogP contribution in [0.25, 0.3) is 0 Å². The van der Waals surface area contributed by atoms with E-state index >= 15 is 0 Å². The smallest absolute Gasteiger partial charge is 0.460 e. The van der Waals surface area contributed by atoms with Crippen LogP contribution in [0.1, 0.15) is 0 Å². The Kier molecular flexibility index (Phi) is 7.41. The molecule has 0 aromatic heterocycles. The predicted molar refractivity (Wildman–Crippen MR) is 62.5 cm³/mol. The van der Waals surface area contributed by atoms with E-state index in [0.717, 1.165) is 0 Å². The number of rotatable bonds is 9. The standard InChI is InChI=1S/C12H2F20O2/c13-2(1-3(33)34)4(14,15)5(16,17)6(18,19)7(20,21)8(22,23)9(24,25)10(26,27)11(28,29)12(30,31)32/h1H,(H,33,34)/i1+1,3+1. The maximum atomic E-state index is 13.3. The average Bonchev–Trinajstić information content (AvgIpc) is 2.58. The van der Waals surface area contributed by atoms with Crippen LogP contribution in [-0.2, 0) is 4.79 Å². The van der Waals surface area contributed by atoms with Gasteiger partial charge >= 0.3 is 59.5 Å². The molecule has 202 valence electrons. The SMILES string of the molecule is O=[13C](O)[13CH]=C(F)C(F)(F)C(F)(F)C(F)(F)C(F)(F)C(F)(F)C(F)(F)C(F)(F)C(F)(F)C(F)(F)F. The quantitative estimate of drug-likeness (QED) is 0.197. The molecule has 0 aromatic rings. The Morgan fingerprint density at radius 2 is 0.706 bits per heavy atom. The van der Waals surface area contributed by atoms with Crippen molar-refractivity contribution in [3.8, 4) is 0 Å². The summed E-state index contributed by atoms with van der Waals surface area (Å²) in [5, 5.41) is 7.85. The van der Waals surface area contributed by atoms with Crippen LogP contribution in [-0.4, -0.2) is 64.6 Å². The van der Waals surface area contributed by atoms with Crippen LogP contribution in [0.5, 0.6) is 0 Å². The largest absolute Gasteiger partial charge is 0.478 e. The second-order valence-corrected chi connectivity index (χ2v) is 5.92. The van der Waals surface area contributed by atoms with E-state index in [1.165, 1.54) is 0 Å². The van der Waals surface area contributed by atoms with E-state index in [4.69, 9.17) is 5.11 Å². The van der Waals surface area contributed by atoms with Crippen LogP contribution in [0.15, 0.2) is 11.9 Å². The zero-order chi connectivity index (χ0) is 28.4. The molecule has 0 radical (unpaired) electrons. The van der Waals surface area contributed by atoms with Crippen LogP contribution >= 0.6 is 0 Å². The lowest BCUT2D eigenvalue weighted by molar-refractivity contribution is -0.467. The molecule has 0 aliphatic carbocycles. The molecule has 0 spiro atoms. The summed E-state index contributed by atoms with van der Waals surface area (Å²) in [6.45, 7) is 0. The summed E-state index contributed by atoms with van der Waals surface area (Å²) in [6, 6.07) is 0. The van der Waals surface area contributed by atoms with Crippen molar-refractivity contribution < 1.29 is 97.7 Å². The first-order valence-electron chi connectivity index (χ1n) is 7.03. The molecule has 0 aromatic carbocycles. The van der Waals surface area contributed by atoms with Gasteiger partial charge in [-0.25, -0.2) is 9.18 Å². The number of aliphatic carboxylic acids is 1. The van der Waals surface area contributed by atoms with E-state index in [1.54, 1.807) is 0 Å². The molecule has 2 nitrogen and oxygen atoms in total. The van der Waals surface area contributed by atoms with Crippen LogP contribution < -0.4 is 0 Å². The maximum Gasteiger partial charge on any atom is 0.460 e. The molecular formula is C12H2F20O2. The summed E-state index contributed by atoms with van der Waals surface area (Å²) < 4.78 is 258. The first kappa shape index (κ1) is 31.8. The predicted octanol–water partition coefficient (Wildman–Crippen LogP) is 6.57. The highest BCUT2D eigenvalue weighted by Gasteiger charge is 2.96. The van der Waals surface area contributed by atoms with Crippen LogP contribution in [0.3, 0.4) is 0 Å². The lowest BCUT2D eigenvalue weighted by Gasteiger charge is -2.43. The minimum absolute atomic E-state index is 1.76. The highest BCUT2D eigenvalue weighted by molar-refractivity contribution is 5.80. The van der Waals surface area contributed by atoms with E-state index < -0.39 is 71.4 Å². The number of hydrogen-bond donors (Lipinski definition) is 1. The second-order valence-electron chi connectivity index (χ2n) is 5.92. The number of hydrogen-bond acceptors (Lipinski definition) is 1. The van der Waals surface area contributed by atoms with E-state index in [9.17, 15) is 92.6 Å². The number of halogens is 20. The van der Waals surface area contributed by atoms with Crippen molar-refractivity contribution in [2.75, 3.05) is 0 Å². The van der Waals surface area contributed by atoms with Crippen molar-refractivity contribution in [3.05, 3.63) is 11.9 Å². The van der Waals surface area contributed by atoms with Gasteiger partial charge < -0.3 is 5.11 Å². The second kappa shape index (κ2) is 7.92. The lowest BCUT2D eigenvalue weighted by Crippen LogP contribution is -2.75. The van der Waals surface area contributed by atoms with Gasteiger partial charge in [-0.05, 0) is 0 Å². The average molecular weight is 560 g/mol. The third-order valence-corrected chi connectivity index (χ3v) is 3.67. The van der Waals surface area contributed by atoms with Gasteiger partial charge in [0.2, 0.25) is 0 Å². The number of carbonyl (C=O) groups is 1. The molecule has 0 rings (SSSR count). The number of allylic oxidation sites excluding steroid dienone is 1. The molecule has 0 bridgehead atoms. The van der Waals surface area contributed by atoms with Gasteiger partial charge in [-0.15, -0.1) is 0 Å². The zero-order valence-electron chi connectivity index (χ0n) is 14.5. The van der Waals surface area contributed by atoms with E-state index in [-0.39, 0.29) is 0 Å². The Labute approximate surface area is 170 Å². The lowest BCUT2D eigenvalue weighted by atomic mass is 9.87. The van der Waals surface area contributed by atoms with E-state index in [2.05, 4.69) is 0 Å². The van der Waals surface area contributed by atoms with Gasteiger partial charge in [0.05, 0.1) is 6.08 Å². The molecule has 0 saturated heterocycles. The van der Waals surface area contributed by atoms with Gasteiger partial charge in [0.15, 0.2) is 5.83 Å². The molecule has 0 fully saturated rings. The summed E-state index contributed by atoms with van der Waals surface area (Å²) in [5.41, 5.74) is 0. The molecule has 0 atom stereocenters. The minimum atomic E-state index is -9.13. The summed E-state index contributed by atoms with van der Waals surface area (Å²) in [4.78, 5) is 9.91. The number of carboxylic acid groups (broad SMARTS) is 1. The van der Waals surface area contributed by atoms with Crippen molar-refractivity contribution >= 4 is 5.97 Å². The third kappa shape index (κ3) is 3.88. The molecule has 0 amide bonds. The fourth-order valence-corrected chi connectivity index (χ4v) is 1.71. The maximum absolute atomic E-state index is 13.3. The van der Waals surface area contributed by atoms with Gasteiger partial charge in [0.1, 0.15) is 0 Å². The molecular weight excluding hydrogens is 558 g/mol. The van der Waals surface area contributed by atoms with Gasteiger partial charge in [-0.3, -0.25) is 0 Å². The highest BCUT2D eigenvalue weighted by atomic mass is 19.4. The van der Waals surface area contributed by atoms with Crippen molar-refractivity contribution in [1.29, 1.82) is 0 Å². The normalized spacial score (nSPS) is 16.6. The minimum Gasteiger partial charge on any atom is -0.478 e. The molecule has 34 heavy (non-hydrogen) atoms. The monoisotopic (exact) mass is 560 g/mol. The van der Waals surface area contributed by atoms with Gasteiger partial charge in [-0.2, -0.15) is 83.4 Å². The zero-order valence-corrected chi connectivity index (χ0v) is 14.5. The Morgan fingerprint density at radius 1 is 0.471 bits per heavy atom. The number of alkyl halides is 19. The Morgan fingerprint density at radius 3 is 0.941 bits per heavy atom. The summed E-state index contributed by atoms with van der Waals surface area (Å²) in [5.74, 6) is -76.8. The van der Waals surface area contributed by atoms with Gasteiger partial charge in [0, 0.05) is 0 Å². The molecule has 0 aliphatic heterocycles. The molecule has 22 heteroatoms. The van der Waals surface area contributed by atoms with Crippen molar-refractivity contribution in [2.24, 2.45) is 0 Å². The molecule has 0 aliphatic rings. The Bertz CT molecular complexity index is 818.